The van der Waals surface area contributed by atoms with Crippen molar-refractivity contribution in [3.8, 4) is 0 Å². The Morgan fingerprint density at radius 2 is 2.05 bits per heavy atom. The topological polar surface area (TPSA) is 46.4 Å². The quantitative estimate of drug-likeness (QED) is 0.627. The summed E-state index contributed by atoms with van der Waals surface area (Å²) in [6.07, 6.45) is 4.12. The van der Waals surface area contributed by atoms with Crippen LogP contribution in [0, 0.1) is 0 Å². The summed E-state index contributed by atoms with van der Waals surface area (Å²) in [5.41, 5.74) is 1.62. The number of hydrogen-bond donors (Lipinski definition) is 1. The molecule has 0 radical (unpaired) electrons. The lowest BCUT2D eigenvalue weighted by Crippen LogP contribution is -2.14. The van der Waals surface area contributed by atoms with Crippen LogP contribution in [0.2, 0.25) is 0 Å². The Kier molecular flexibility index (Phi) is 3.12. The molecule has 0 aliphatic heterocycles. The van der Waals surface area contributed by atoms with Crippen LogP contribution in [0.3, 0.4) is 0 Å². The third kappa shape index (κ3) is 2.35. The lowest BCUT2D eigenvalue weighted by molar-refractivity contribution is -0.115. The van der Waals surface area contributed by atoms with Crippen LogP contribution in [0.1, 0.15) is 5.69 Å². The second-order valence-electron chi connectivity index (χ2n) is 5.08. The van der Waals surface area contributed by atoms with Gasteiger partial charge in [-0.1, -0.05) is 36.4 Å². The van der Waals surface area contributed by atoms with Crippen LogP contribution in [-0.4, -0.2) is 15.3 Å². The number of rotatable bonds is 3. The van der Waals surface area contributed by atoms with Gasteiger partial charge in [-0.25, -0.2) is 4.98 Å². The van der Waals surface area contributed by atoms with Gasteiger partial charge in [-0.05, 0) is 11.5 Å². The molecule has 0 atom stereocenters. The molecule has 4 nitrogen and oxygen atoms in total. The number of carbonyl (C=O) groups is 1. The Balaban J connectivity index is 1.57. The van der Waals surface area contributed by atoms with Gasteiger partial charge in [0.15, 0.2) is 4.96 Å². The Morgan fingerprint density at radius 3 is 2.95 bits per heavy atom. The molecule has 1 N–H and O–H groups in total. The van der Waals surface area contributed by atoms with Crippen molar-refractivity contribution in [2.24, 2.45) is 0 Å². The first-order valence-corrected chi connectivity index (χ1v) is 7.86. The van der Waals surface area contributed by atoms with E-state index in [1.54, 1.807) is 11.3 Å². The molecule has 0 unspecified atom stereocenters. The molecule has 0 spiro atoms. The van der Waals surface area contributed by atoms with E-state index >= 15 is 0 Å². The van der Waals surface area contributed by atoms with E-state index < -0.39 is 0 Å². The minimum absolute atomic E-state index is 0.0536. The van der Waals surface area contributed by atoms with Crippen molar-refractivity contribution in [3.63, 3.8) is 0 Å². The first kappa shape index (κ1) is 13.0. The predicted octanol–water partition coefficient (Wildman–Crippen LogP) is 3.73. The molecule has 2 aromatic carbocycles. The van der Waals surface area contributed by atoms with E-state index in [-0.39, 0.29) is 12.3 Å². The Morgan fingerprint density at radius 1 is 1.18 bits per heavy atom. The van der Waals surface area contributed by atoms with Crippen molar-refractivity contribution in [2.75, 3.05) is 5.32 Å². The highest BCUT2D eigenvalue weighted by Crippen LogP contribution is 2.23. The van der Waals surface area contributed by atoms with E-state index in [0.717, 1.165) is 27.1 Å². The molecule has 1 amide bonds. The molecule has 2 heterocycles. The normalized spacial score (nSPS) is 11.1. The van der Waals surface area contributed by atoms with Gasteiger partial charge in [0.25, 0.3) is 0 Å². The second-order valence-corrected chi connectivity index (χ2v) is 5.95. The van der Waals surface area contributed by atoms with Crippen LogP contribution in [0.25, 0.3) is 15.7 Å². The van der Waals surface area contributed by atoms with E-state index in [1.165, 1.54) is 0 Å². The van der Waals surface area contributed by atoms with Crippen LogP contribution in [-0.2, 0) is 11.2 Å². The first-order valence-electron chi connectivity index (χ1n) is 6.98. The zero-order valence-corrected chi connectivity index (χ0v) is 12.5. The van der Waals surface area contributed by atoms with E-state index in [0.29, 0.717) is 0 Å². The van der Waals surface area contributed by atoms with Gasteiger partial charge in [-0.3, -0.25) is 9.20 Å². The number of benzene rings is 2. The third-order valence-electron chi connectivity index (χ3n) is 3.55. The molecule has 4 rings (SSSR count). The summed E-state index contributed by atoms with van der Waals surface area (Å²) >= 11 is 1.56. The summed E-state index contributed by atoms with van der Waals surface area (Å²) in [7, 11) is 0. The van der Waals surface area contributed by atoms with Gasteiger partial charge in [0.2, 0.25) is 5.91 Å². The Bertz CT molecular complexity index is 936. The highest BCUT2D eigenvalue weighted by Gasteiger charge is 2.10. The maximum absolute atomic E-state index is 12.3. The van der Waals surface area contributed by atoms with Crippen molar-refractivity contribution < 1.29 is 4.79 Å². The molecular weight excluding hydrogens is 294 g/mol. The lowest BCUT2D eigenvalue weighted by atomic mass is 10.1. The molecule has 22 heavy (non-hydrogen) atoms. The average molecular weight is 307 g/mol. The van der Waals surface area contributed by atoms with Crippen molar-refractivity contribution in [1.29, 1.82) is 0 Å². The summed E-state index contributed by atoms with van der Waals surface area (Å²) in [5, 5.41) is 7.12. The monoisotopic (exact) mass is 307 g/mol. The molecule has 0 fully saturated rings. The van der Waals surface area contributed by atoms with Crippen LogP contribution in [0.15, 0.2) is 60.2 Å². The van der Waals surface area contributed by atoms with E-state index in [1.807, 2.05) is 64.6 Å². The number of imidazole rings is 1. The Labute approximate surface area is 131 Å². The molecule has 0 aliphatic carbocycles. The van der Waals surface area contributed by atoms with Crippen LogP contribution in [0.5, 0.6) is 0 Å². The number of anilines is 1. The molecule has 0 saturated heterocycles. The van der Waals surface area contributed by atoms with Gasteiger partial charge in [-0.15, -0.1) is 11.3 Å². The number of fused-ring (bicyclic) bond motifs is 2. The molecule has 4 aromatic rings. The zero-order valence-electron chi connectivity index (χ0n) is 11.7. The number of nitrogens with zero attached hydrogens (tertiary/aromatic N) is 2. The third-order valence-corrected chi connectivity index (χ3v) is 4.32. The fourth-order valence-corrected chi connectivity index (χ4v) is 3.27. The largest absolute Gasteiger partial charge is 0.325 e. The van der Waals surface area contributed by atoms with Gasteiger partial charge in [0.1, 0.15) is 0 Å². The summed E-state index contributed by atoms with van der Waals surface area (Å²) in [4.78, 5) is 17.6. The molecule has 108 valence electrons. The van der Waals surface area contributed by atoms with E-state index in [9.17, 15) is 4.79 Å². The van der Waals surface area contributed by atoms with Crippen molar-refractivity contribution in [3.05, 3.63) is 65.9 Å². The minimum atomic E-state index is -0.0536. The maximum atomic E-state index is 12.3. The van der Waals surface area contributed by atoms with Gasteiger partial charge in [-0.2, -0.15) is 0 Å². The van der Waals surface area contributed by atoms with Gasteiger partial charge in [0.05, 0.1) is 12.1 Å². The van der Waals surface area contributed by atoms with Crippen LogP contribution in [0.4, 0.5) is 5.69 Å². The second kappa shape index (κ2) is 5.27. The Hall–Kier alpha value is -2.66. The minimum Gasteiger partial charge on any atom is -0.325 e. The summed E-state index contributed by atoms with van der Waals surface area (Å²) in [5.74, 6) is -0.0536. The van der Waals surface area contributed by atoms with Crippen LogP contribution >= 0.6 is 11.3 Å². The molecule has 2 aromatic heterocycles. The summed E-state index contributed by atoms with van der Waals surface area (Å²) < 4.78 is 1.94. The molecule has 0 aliphatic rings. The fraction of sp³-hybridized carbons (Fsp3) is 0.0588. The number of hydrogen-bond acceptors (Lipinski definition) is 3. The predicted molar refractivity (Wildman–Crippen MR) is 89.4 cm³/mol. The average Bonchev–Trinajstić information content (AvgIpc) is 3.09. The number of amides is 1. The van der Waals surface area contributed by atoms with E-state index in [4.69, 9.17) is 0 Å². The fourth-order valence-electron chi connectivity index (χ4n) is 2.55. The highest BCUT2D eigenvalue weighted by atomic mass is 32.1. The zero-order chi connectivity index (χ0) is 14.9. The van der Waals surface area contributed by atoms with Crippen molar-refractivity contribution >= 4 is 38.7 Å². The maximum Gasteiger partial charge on any atom is 0.230 e. The van der Waals surface area contributed by atoms with Crippen LogP contribution < -0.4 is 5.32 Å². The molecule has 5 heteroatoms. The number of carbonyl (C=O) groups excluding carboxylic acids is 1. The molecular formula is C17H13N3OS. The standard InChI is InChI=1S/C17H13N3OS/c21-16(10-13-11-20-8-9-22-17(20)18-13)19-15-7-3-5-12-4-1-2-6-14(12)15/h1-9,11H,10H2,(H,19,21). The van der Waals surface area contributed by atoms with Gasteiger partial charge in [0, 0.05) is 28.8 Å². The molecule has 0 bridgehead atoms. The number of nitrogens with one attached hydrogen (secondary N) is 1. The van der Waals surface area contributed by atoms with Gasteiger partial charge < -0.3 is 5.32 Å². The first-order chi connectivity index (χ1) is 10.8. The van der Waals surface area contributed by atoms with Crippen molar-refractivity contribution in [2.45, 2.75) is 6.42 Å². The van der Waals surface area contributed by atoms with E-state index in [2.05, 4.69) is 10.3 Å². The number of thiazole rings is 1. The summed E-state index contributed by atoms with van der Waals surface area (Å²) in [6.45, 7) is 0. The molecule has 0 saturated carbocycles. The highest BCUT2D eigenvalue weighted by molar-refractivity contribution is 7.15. The SMILES string of the molecule is O=C(Cc1cn2ccsc2n1)Nc1cccc2ccccc12. The summed E-state index contributed by atoms with van der Waals surface area (Å²) in [6, 6.07) is 13.9. The van der Waals surface area contributed by atoms with Crippen molar-refractivity contribution in [1.82, 2.24) is 9.38 Å². The smallest absolute Gasteiger partial charge is 0.230 e. The number of aromatic nitrogens is 2. The van der Waals surface area contributed by atoms with Gasteiger partial charge >= 0.3 is 0 Å². The lowest BCUT2D eigenvalue weighted by Gasteiger charge is -2.07.